The van der Waals surface area contributed by atoms with Crippen molar-refractivity contribution in [2.24, 2.45) is 7.05 Å². The van der Waals surface area contributed by atoms with E-state index in [4.69, 9.17) is 0 Å². The zero-order valence-electron chi connectivity index (χ0n) is 14.8. The van der Waals surface area contributed by atoms with Crippen LogP contribution in [0.4, 0.5) is 0 Å². The van der Waals surface area contributed by atoms with Gasteiger partial charge in [0, 0.05) is 29.9 Å². The lowest BCUT2D eigenvalue weighted by Gasteiger charge is -2.26. The summed E-state index contributed by atoms with van der Waals surface area (Å²) in [6.07, 6.45) is 7.62. The number of nitrogens with zero attached hydrogens (tertiary/aromatic N) is 3. The van der Waals surface area contributed by atoms with Gasteiger partial charge in [0.2, 0.25) is 5.91 Å². The molecule has 1 fully saturated rings. The van der Waals surface area contributed by atoms with E-state index >= 15 is 0 Å². The fraction of sp³-hybridized carbons (Fsp3) is 0.350. The highest BCUT2D eigenvalue weighted by Gasteiger charge is 2.43. The van der Waals surface area contributed by atoms with E-state index in [2.05, 4.69) is 26.8 Å². The number of hydrogen-bond donors (Lipinski definition) is 1. The molecule has 0 bridgehead atoms. The molecular formula is C20H22N4OS. The molecule has 1 aliphatic carbocycles. The Kier molecular flexibility index (Phi) is 4.59. The zero-order chi connectivity index (χ0) is 18.0. The smallest absolute Gasteiger partial charge is 0.231 e. The third kappa shape index (κ3) is 3.05. The molecule has 134 valence electrons. The average Bonchev–Trinajstić information content (AvgIpc) is 3.41. The fourth-order valence-electron chi connectivity index (χ4n) is 3.79. The van der Waals surface area contributed by atoms with Crippen molar-refractivity contribution in [3.8, 4) is 11.3 Å². The second-order valence-corrected chi connectivity index (χ2v) is 7.78. The highest BCUT2D eigenvalue weighted by atomic mass is 32.1. The molecule has 6 heteroatoms. The van der Waals surface area contributed by atoms with Gasteiger partial charge in [-0.3, -0.25) is 14.5 Å². The summed E-state index contributed by atoms with van der Waals surface area (Å²) in [5, 5.41) is 9.79. The van der Waals surface area contributed by atoms with Crippen LogP contribution in [0, 0.1) is 0 Å². The van der Waals surface area contributed by atoms with Crippen LogP contribution in [0.2, 0.25) is 0 Å². The van der Waals surface area contributed by atoms with E-state index < -0.39 is 0 Å². The van der Waals surface area contributed by atoms with Crippen LogP contribution in [0.3, 0.4) is 0 Å². The first-order chi connectivity index (χ1) is 12.7. The van der Waals surface area contributed by atoms with Crippen molar-refractivity contribution in [3.05, 3.63) is 58.7 Å². The van der Waals surface area contributed by atoms with E-state index in [1.54, 1.807) is 23.7 Å². The fourth-order valence-corrected chi connectivity index (χ4v) is 4.77. The first-order valence-electron chi connectivity index (χ1n) is 8.95. The van der Waals surface area contributed by atoms with E-state index in [1.807, 2.05) is 36.0 Å². The second-order valence-electron chi connectivity index (χ2n) is 6.83. The third-order valence-corrected chi connectivity index (χ3v) is 6.34. The average molecular weight is 366 g/mol. The number of thiophene rings is 1. The Bertz CT molecular complexity index is 880. The van der Waals surface area contributed by atoms with E-state index in [-0.39, 0.29) is 11.3 Å². The molecule has 1 N–H and O–H groups in total. The predicted octanol–water partition coefficient (Wildman–Crippen LogP) is 3.67. The van der Waals surface area contributed by atoms with E-state index in [1.165, 1.54) is 4.88 Å². The third-order valence-electron chi connectivity index (χ3n) is 5.27. The monoisotopic (exact) mass is 366 g/mol. The lowest BCUT2D eigenvalue weighted by molar-refractivity contribution is -0.126. The summed E-state index contributed by atoms with van der Waals surface area (Å²) < 4.78 is 1.84. The number of pyridine rings is 1. The number of carbonyl (C=O) groups excluding carboxylic acids is 1. The maximum absolute atomic E-state index is 13.1. The van der Waals surface area contributed by atoms with E-state index in [0.717, 1.165) is 42.6 Å². The molecule has 1 aliphatic rings. The maximum Gasteiger partial charge on any atom is 0.231 e. The van der Waals surface area contributed by atoms with Crippen LogP contribution in [0.1, 0.15) is 36.3 Å². The van der Waals surface area contributed by atoms with Crippen LogP contribution in [-0.2, 0) is 23.8 Å². The maximum atomic E-state index is 13.1. The Morgan fingerprint density at radius 1 is 1.27 bits per heavy atom. The van der Waals surface area contributed by atoms with Crippen LogP contribution < -0.4 is 5.32 Å². The Labute approximate surface area is 157 Å². The quantitative estimate of drug-likeness (QED) is 0.749. The number of aryl methyl sites for hydroxylation is 1. The molecule has 0 saturated heterocycles. The summed E-state index contributed by atoms with van der Waals surface area (Å²) in [7, 11) is 1.91. The van der Waals surface area contributed by atoms with Gasteiger partial charge in [0.25, 0.3) is 0 Å². The van der Waals surface area contributed by atoms with Gasteiger partial charge in [-0.2, -0.15) is 5.10 Å². The SMILES string of the molecule is Cn1nc(-c2ccncc2)cc1CNC(=O)C1(c2cccs2)CCCC1. The van der Waals surface area contributed by atoms with Gasteiger partial charge in [0.05, 0.1) is 23.3 Å². The van der Waals surface area contributed by atoms with Crippen LogP contribution in [0.15, 0.2) is 48.1 Å². The Balaban J connectivity index is 1.50. The van der Waals surface area contributed by atoms with Gasteiger partial charge in [-0.25, -0.2) is 0 Å². The topological polar surface area (TPSA) is 59.8 Å². The lowest BCUT2D eigenvalue weighted by Crippen LogP contribution is -2.42. The number of carbonyl (C=O) groups is 1. The number of aromatic nitrogens is 3. The van der Waals surface area contributed by atoms with Gasteiger partial charge in [-0.05, 0) is 42.5 Å². The molecule has 4 rings (SSSR count). The molecule has 0 atom stereocenters. The highest BCUT2D eigenvalue weighted by Crippen LogP contribution is 2.43. The minimum Gasteiger partial charge on any atom is -0.350 e. The van der Waals surface area contributed by atoms with Gasteiger partial charge in [-0.15, -0.1) is 11.3 Å². The molecule has 3 heterocycles. The van der Waals surface area contributed by atoms with Crippen molar-refractivity contribution in [1.29, 1.82) is 0 Å². The molecule has 5 nitrogen and oxygen atoms in total. The number of rotatable bonds is 5. The Hall–Kier alpha value is -2.47. The number of nitrogens with one attached hydrogen (secondary N) is 1. The molecule has 1 saturated carbocycles. The molecular weight excluding hydrogens is 344 g/mol. The second kappa shape index (κ2) is 7.03. The van der Waals surface area contributed by atoms with E-state index in [9.17, 15) is 4.79 Å². The molecule has 1 amide bonds. The van der Waals surface area contributed by atoms with Gasteiger partial charge in [-0.1, -0.05) is 18.9 Å². The molecule has 26 heavy (non-hydrogen) atoms. The van der Waals surface area contributed by atoms with Crippen molar-refractivity contribution < 1.29 is 4.79 Å². The molecule has 0 spiro atoms. The number of hydrogen-bond acceptors (Lipinski definition) is 4. The van der Waals surface area contributed by atoms with Crippen molar-refractivity contribution in [2.45, 2.75) is 37.6 Å². The normalized spacial score (nSPS) is 15.9. The van der Waals surface area contributed by atoms with Gasteiger partial charge >= 0.3 is 0 Å². The summed E-state index contributed by atoms with van der Waals surface area (Å²) in [5.41, 5.74) is 2.57. The van der Waals surface area contributed by atoms with Crippen molar-refractivity contribution in [2.75, 3.05) is 0 Å². The molecule has 3 aromatic rings. The largest absolute Gasteiger partial charge is 0.350 e. The van der Waals surface area contributed by atoms with Crippen molar-refractivity contribution in [1.82, 2.24) is 20.1 Å². The van der Waals surface area contributed by atoms with Crippen molar-refractivity contribution >= 4 is 17.2 Å². The molecule has 0 aromatic carbocycles. The summed E-state index contributed by atoms with van der Waals surface area (Å²) in [4.78, 5) is 18.3. The summed E-state index contributed by atoms with van der Waals surface area (Å²) in [6, 6.07) is 10.0. The molecule has 3 aromatic heterocycles. The van der Waals surface area contributed by atoms with Crippen molar-refractivity contribution in [3.63, 3.8) is 0 Å². The standard InChI is InChI=1S/C20H22N4OS/c1-24-16(13-17(23-24)15-6-10-21-11-7-15)14-22-19(25)20(8-2-3-9-20)18-5-4-12-26-18/h4-7,10-13H,2-3,8-9,14H2,1H3,(H,22,25). The molecule has 0 aliphatic heterocycles. The van der Waals surface area contributed by atoms with Gasteiger partial charge in [0.1, 0.15) is 0 Å². The zero-order valence-corrected chi connectivity index (χ0v) is 15.6. The number of amides is 1. The predicted molar refractivity (Wildman–Crippen MR) is 103 cm³/mol. The first-order valence-corrected chi connectivity index (χ1v) is 9.83. The molecule has 0 radical (unpaired) electrons. The Morgan fingerprint density at radius 2 is 2.04 bits per heavy atom. The van der Waals surface area contributed by atoms with Gasteiger partial charge < -0.3 is 5.32 Å². The highest BCUT2D eigenvalue weighted by molar-refractivity contribution is 7.10. The van der Waals surface area contributed by atoms with Crippen LogP contribution in [-0.4, -0.2) is 20.7 Å². The minimum atomic E-state index is -0.347. The summed E-state index contributed by atoms with van der Waals surface area (Å²) >= 11 is 1.69. The minimum absolute atomic E-state index is 0.143. The van der Waals surface area contributed by atoms with Gasteiger partial charge in [0.15, 0.2) is 0 Å². The lowest BCUT2D eigenvalue weighted by atomic mass is 9.83. The van der Waals surface area contributed by atoms with E-state index in [0.29, 0.717) is 6.54 Å². The summed E-state index contributed by atoms with van der Waals surface area (Å²) in [5.74, 6) is 0.143. The first kappa shape index (κ1) is 17.0. The molecule has 0 unspecified atom stereocenters. The van der Waals surface area contributed by atoms with Crippen LogP contribution in [0.25, 0.3) is 11.3 Å². The van der Waals surface area contributed by atoms with Crippen LogP contribution >= 0.6 is 11.3 Å². The Morgan fingerprint density at radius 3 is 2.73 bits per heavy atom. The van der Waals surface area contributed by atoms with Crippen LogP contribution in [0.5, 0.6) is 0 Å². The summed E-state index contributed by atoms with van der Waals surface area (Å²) in [6.45, 7) is 0.487.